The number of nitrogens with zero attached hydrogens (tertiary/aromatic N) is 1. The second-order valence-corrected chi connectivity index (χ2v) is 6.19. The molecule has 1 aromatic carbocycles. The molecule has 0 radical (unpaired) electrons. The first-order valence-electron chi connectivity index (χ1n) is 5.69. The van der Waals surface area contributed by atoms with E-state index in [1.54, 1.807) is 24.3 Å². The summed E-state index contributed by atoms with van der Waals surface area (Å²) in [6.45, 7) is 10.9. The van der Waals surface area contributed by atoms with E-state index < -0.39 is 15.2 Å². The minimum absolute atomic E-state index is 0.250. The SMILES string of the molecule is [C-]#[N+][C@H](CCCC)S(=O)(=O)c1ccc(C)cc1. The van der Waals surface area contributed by atoms with Gasteiger partial charge in [0.15, 0.2) is 0 Å². The number of rotatable bonds is 5. The Hall–Kier alpha value is -1.34. The first kappa shape index (κ1) is 13.7. The van der Waals surface area contributed by atoms with Crippen molar-refractivity contribution in [2.24, 2.45) is 0 Å². The van der Waals surface area contributed by atoms with Gasteiger partial charge in [-0.2, -0.15) is 0 Å². The number of hydrogen-bond acceptors (Lipinski definition) is 2. The average Bonchev–Trinajstić information content (AvgIpc) is 2.30. The Kier molecular flexibility index (Phi) is 4.71. The number of aryl methyl sites for hydroxylation is 1. The molecule has 0 aliphatic carbocycles. The summed E-state index contributed by atoms with van der Waals surface area (Å²) in [6.07, 6.45) is 2.07. The Balaban J connectivity index is 3.01. The predicted octanol–water partition coefficient (Wildman–Crippen LogP) is 3.20. The van der Waals surface area contributed by atoms with Crippen molar-refractivity contribution in [2.75, 3.05) is 0 Å². The van der Waals surface area contributed by atoms with Crippen molar-refractivity contribution in [3.05, 3.63) is 41.2 Å². The van der Waals surface area contributed by atoms with Crippen LogP contribution >= 0.6 is 0 Å². The highest BCUT2D eigenvalue weighted by atomic mass is 32.2. The third-order valence-electron chi connectivity index (χ3n) is 2.66. The van der Waals surface area contributed by atoms with E-state index in [2.05, 4.69) is 4.85 Å². The van der Waals surface area contributed by atoms with Gasteiger partial charge in [-0.25, -0.2) is 15.0 Å². The van der Waals surface area contributed by atoms with Crippen LogP contribution in [0.3, 0.4) is 0 Å². The van der Waals surface area contributed by atoms with E-state index in [1.807, 2.05) is 13.8 Å². The van der Waals surface area contributed by atoms with Crippen LogP contribution < -0.4 is 0 Å². The van der Waals surface area contributed by atoms with Crippen LogP contribution in [0, 0.1) is 13.5 Å². The van der Waals surface area contributed by atoms with Gasteiger partial charge in [0.2, 0.25) is 0 Å². The second-order valence-electron chi connectivity index (χ2n) is 4.08. The molecule has 3 nitrogen and oxygen atoms in total. The van der Waals surface area contributed by atoms with Gasteiger partial charge in [-0.15, -0.1) is 0 Å². The standard InChI is InChI=1S/C13H17NO2S/c1-4-5-6-13(14-3)17(15,16)12-9-7-11(2)8-10-12/h7-10,13H,4-6H2,1-2H3/t13-/m0/s1. The third-order valence-corrected chi connectivity index (χ3v) is 4.64. The fraction of sp³-hybridized carbons (Fsp3) is 0.462. The van der Waals surface area contributed by atoms with Crippen LogP contribution in [-0.4, -0.2) is 13.8 Å². The lowest BCUT2D eigenvalue weighted by Crippen LogP contribution is -2.17. The lowest BCUT2D eigenvalue weighted by molar-refractivity contribution is 0.579. The zero-order valence-corrected chi connectivity index (χ0v) is 11.0. The number of benzene rings is 1. The molecule has 0 saturated heterocycles. The Morgan fingerprint density at radius 3 is 2.35 bits per heavy atom. The van der Waals surface area contributed by atoms with Crippen LogP contribution in [0.25, 0.3) is 4.85 Å². The maximum atomic E-state index is 12.2. The van der Waals surface area contributed by atoms with Crippen molar-refractivity contribution >= 4 is 9.84 Å². The highest BCUT2D eigenvalue weighted by Gasteiger charge is 2.31. The highest BCUT2D eigenvalue weighted by molar-refractivity contribution is 7.92. The van der Waals surface area contributed by atoms with Gasteiger partial charge >= 0.3 is 5.37 Å². The first-order chi connectivity index (χ1) is 8.02. The van der Waals surface area contributed by atoms with Crippen LogP contribution in [0.4, 0.5) is 0 Å². The van der Waals surface area contributed by atoms with E-state index in [-0.39, 0.29) is 4.90 Å². The van der Waals surface area contributed by atoms with E-state index in [9.17, 15) is 8.42 Å². The highest BCUT2D eigenvalue weighted by Crippen LogP contribution is 2.21. The fourth-order valence-electron chi connectivity index (χ4n) is 1.55. The Bertz CT molecular complexity index is 497. The summed E-state index contributed by atoms with van der Waals surface area (Å²) >= 11 is 0. The lowest BCUT2D eigenvalue weighted by atomic mass is 10.2. The molecule has 1 atom stereocenters. The molecular formula is C13H17NO2S. The molecule has 92 valence electrons. The van der Waals surface area contributed by atoms with E-state index in [0.29, 0.717) is 6.42 Å². The molecule has 0 N–H and O–H groups in total. The largest absolute Gasteiger partial charge is 0.325 e. The van der Waals surface area contributed by atoms with Crippen molar-refractivity contribution in [2.45, 2.75) is 43.4 Å². The van der Waals surface area contributed by atoms with Gasteiger partial charge < -0.3 is 0 Å². The van der Waals surface area contributed by atoms with Gasteiger partial charge in [-0.1, -0.05) is 31.0 Å². The zero-order valence-electron chi connectivity index (χ0n) is 10.2. The molecule has 0 spiro atoms. The zero-order chi connectivity index (χ0) is 12.9. The van der Waals surface area contributed by atoms with Gasteiger partial charge in [-0.3, -0.25) is 4.85 Å². The van der Waals surface area contributed by atoms with Gasteiger partial charge in [-0.05, 0) is 25.5 Å². The van der Waals surface area contributed by atoms with Gasteiger partial charge in [0.05, 0.1) is 4.90 Å². The number of unbranched alkanes of at least 4 members (excludes halogenated alkanes) is 1. The van der Waals surface area contributed by atoms with Crippen LogP contribution in [0.2, 0.25) is 0 Å². The monoisotopic (exact) mass is 251 g/mol. The van der Waals surface area contributed by atoms with Gasteiger partial charge in [0.25, 0.3) is 9.84 Å². The Labute approximate surface area is 103 Å². The van der Waals surface area contributed by atoms with E-state index in [0.717, 1.165) is 18.4 Å². The molecule has 1 aromatic rings. The molecule has 17 heavy (non-hydrogen) atoms. The van der Waals surface area contributed by atoms with Crippen LogP contribution in [-0.2, 0) is 9.84 Å². The maximum absolute atomic E-state index is 12.2. The molecule has 1 rings (SSSR count). The molecule has 0 fully saturated rings. The molecule has 0 aliphatic rings. The van der Waals surface area contributed by atoms with E-state index >= 15 is 0 Å². The van der Waals surface area contributed by atoms with Crippen molar-refractivity contribution in [1.82, 2.24) is 0 Å². The van der Waals surface area contributed by atoms with E-state index in [1.165, 1.54) is 0 Å². The summed E-state index contributed by atoms with van der Waals surface area (Å²) in [5.41, 5.74) is 1.01. The Morgan fingerprint density at radius 2 is 1.88 bits per heavy atom. The quantitative estimate of drug-likeness (QED) is 0.754. The van der Waals surface area contributed by atoms with Crippen molar-refractivity contribution < 1.29 is 8.42 Å². The van der Waals surface area contributed by atoms with Gasteiger partial charge in [0.1, 0.15) is 0 Å². The average molecular weight is 251 g/mol. The normalized spacial score (nSPS) is 13.0. The molecule has 4 heteroatoms. The summed E-state index contributed by atoms with van der Waals surface area (Å²) in [6, 6.07) is 6.67. The third kappa shape index (κ3) is 3.31. The molecule has 0 aliphatic heterocycles. The molecular weight excluding hydrogens is 234 g/mol. The number of hydrogen-bond donors (Lipinski definition) is 0. The minimum atomic E-state index is -3.49. The topological polar surface area (TPSA) is 38.5 Å². The summed E-state index contributed by atoms with van der Waals surface area (Å²) < 4.78 is 24.3. The van der Waals surface area contributed by atoms with Crippen LogP contribution in [0.5, 0.6) is 0 Å². The van der Waals surface area contributed by atoms with E-state index in [4.69, 9.17) is 6.57 Å². The van der Waals surface area contributed by atoms with Crippen LogP contribution in [0.1, 0.15) is 31.7 Å². The molecule has 0 amide bonds. The van der Waals surface area contributed by atoms with Crippen molar-refractivity contribution in [3.63, 3.8) is 0 Å². The summed E-state index contributed by atoms with van der Waals surface area (Å²) in [5, 5.41) is -0.940. The van der Waals surface area contributed by atoms with Crippen LogP contribution in [0.15, 0.2) is 29.2 Å². The maximum Gasteiger partial charge on any atom is 0.325 e. The molecule has 0 unspecified atom stereocenters. The molecule has 0 heterocycles. The fourth-order valence-corrected chi connectivity index (χ4v) is 3.00. The summed E-state index contributed by atoms with van der Waals surface area (Å²) in [4.78, 5) is 3.51. The van der Waals surface area contributed by atoms with Crippen molar-refractivity contribution in [1.29, 1.82) is 0 Å². The second kappa shape index (κ2) is 5.83. The summed E-state index contributed by atoms with van der Waals surface area (Å²) in [5.74, 6) is 0. The summed E-state index contributed by atoms with van der Waals surface area (Å²) in [7, 11) is -3.49. The van der Waals surface area contributed by atoms with Crippen molar-refractivity contribution in [3.8, 4) is 0 Å². The smallest absolute Gasteiger partial charge is 0.296 e. The first-order valence-corrected chi connectivity index (χ1v) is 7.24. The molecule has 0 aromatic heterocycles. The lowest BCUT2D eigenvalue weighted by Gasteiger charge is -2.07. The predicted molar refractivity (Wildman–Crippen MR) is 68.3 cm³/mol. The number of sulfone groups is 1. The molecule has 0 saturated carbocycles. The Morgan fingerprint density at radius 1 is 1.29 bits per heavy atom. The molecule has 0 bridgehead atoms. The minimum Gasteiger partial charge on any atom is -0.296 e. The van der Waals surface area contributed by atoms with Gasteiger partial charge in [0, 0.05) is 6.42 Å².